The Kier molecular flexibility index (Phi) is 9.49. The van der Waals surface area contributed by atoms with Gasteiger partial charge in [-0.15, -0.1) is 0 Å². The van der Waals surface area contributed by atoms with E-state index < -0.39 is 0 Å². The monoisotopic (exact) mass is 352 g/mol. The number of thiocarbonyl (C=S) groups is 1. The third-order valence-electron chi connectivity index (χ3n) is 3.97. The Morgan fingerprint density at radius 3 is 2.46 bits per heavy atom. The first-order valence-corrected chi connectivity index (χ1v) is 8.96. The van der Waals surface area contributed by atoms with Crippen molar-refractivity contribution in [1.29, 1.82) is 0 Å². The van der Waals surface area contributed by atoms with Gasteiger partial charge in [0.2, 0.25) is 0 Å². The molecule has 1 unspecified atom stereocenters. The van der Waals surface area contributed by atoms with Crippen LogP contribution >= 0.6 is 12.2 Å². The third kappa shape index (κ3) is 7.84. The van der Waals surface area contributed by atoms with E-state index in [0.29, 0.717) is 11.2 Å². The second-order valence-electron chi connectivity index (χ2n) is 5.86. The normalized spacial score (nSPS) is 13.0. The first-order chi connectivity index (χ1) is 11.5. The Bertz CT molecular complexity index is 526. The fourth-order valence-corrected chi connectivity index (χ4v) is 2.63. The van der Waals surface area contributed by atoms with Gasteiger partial charge in [-0.2, -0.15) is 5.10 Å². The van der Waals surface area contributed by atoms with Crippen LogP contribution in [0.2, 0.25) is 0 Å². The number of nitrogens with zero attached hydrogens (tertiary/aromatic N) is 2. The zero-order valence-electron chi connectivity index (χ0n) is 15.1. The molecule has 0 aliphatic rings. The number of halogens is 1. The molecule has 4 nitrogen and oxygen atoms in total. The molecule has 24 heavy (non-hydrogen) atoms. The standard InChI is InChI=1S/C18H29FN4S/c1-5-23(6-2)13-7-8-14(3)20-18(24)22-21-15(4)16-9-11-17(19)12-10-16/h9-12,14H,5-8,13H2,1-4H3,(H2,20,22,24)/b21-15-. The van der Waals surface area contributed by atoms with E-state index in [4.69, 9.17) is 12.2 Å². The SMILES string of the molecule is CCN(CC)CCCC(C)NC(=S)N/N=C(/C)c1ccc(F)cc1. The Morgan fingerprint density at radius 2 is 1.88 bits per heavy atom. The molecule has 1 atom stereocenters. The van der Waals surface area contributed by atoms with Crippen molar-refractivity contribution in [1.82, 2.24) is 15.6 Å². The Hall–Kier alpha value is -1.53. The van der Waals surface area contributed by atoms with Crippen molar-refractivity contribution in [2.24, 2.45) is 5.10 Å². The lowest BCUT2D eigenvalue weighted by atomic mass is 10.1. The zero-order chi connectivity index (χ0) is 17.9. The van der Waals surface area contributed by atoms with Crippen LogP contribution in [-0.4, -0.2) is 41.4 Å². The van der Waals surface area contributed by atoms with Crippen molar-refractivity contribution in [3.8, 4) is 0 Å². The summed E-state index contributed by atoms with van der Waals surface area (Å²) in [5, 5.41) is 7.99. The molecule has 0 saturated heterocycles. The van der Waals surface area contributed by atoms with Crippen LogP contribution in [0.25, 0.3) is 0 Å². The molecule has 0 aliphatic heterocycles. The molecule has 0 heterocycles. The summed E-state index contributed by atoms with van der Waals surface area (Å²) >= 11 is 5.27. The minimum atomic E-state index is -0.254. The summed E-state index contributed by atoms with van der Waals surface area (Å²) in [6.45, 7) is 11.6. The van der Waals surface area contributed by atoms with E-state index in [-0.39, 0.29) is 5.82 Å². The molecule has 2 N–H and O–H groups in total. The predicted molar refractivity (Wildman–Crippen MR) is 104 cm³/mol. The third-order valence-corrected chi connectivity index (χ3v) is 4.18. The fourth-order valence-electron chi connectivity index (χ4n) is 2.38. The van der Waals surface area contributed by atoms with Gasteiger partial charge in [-0.25, -0.2) is 4.39 Å². The molecule has 0 radical (unpaired) electrons. The van der Waals surface area contributed by atoms with Gasteiger partial charge < -0.3 is 10.2 Å². The highest BCUT2D eigenvalue weighted by atomic mass is 32.1. The largest absolute Gasteiger partial charge is 0.359 e. The van der Waals surface area contributed by atoms with E-state index in [9.17, 15) is 4.39 Å². The molecule has 1 rings (SSSR count). The van der Waals surface area contributed by atoms with Crippen molar-refractivity contribution in [2.45, 2.75) is 46.6 Å². The minimum absolute atomic E-state index is 0.254. The lowest BCUT2D eigenvalue weighted by Gasteiger charge is -2.20. The number of rotatable bonds is 9. The summed E-state index contributed by atoms with van der Waals surface area (Å²) in [5.74, 6) is -0.254. The average molecular weight is 353 g/mol. The number of hydrazone groups is 1. The van der Waals surface area contributed by atoms with Crippen molar-refractivity contribution >= 4 is 23.0 Å². The summed E-state index contributed by atoms with van der Waals surface area (Å²) in [6, 6.07) is 6.53. The van der Waals surface area contributed by atoms with Crippen molar-refractivity contribution < 1.29 is 4.39 Å². The number of hydrogen-bond donors (Lipinski definition) is 2. The Labute approximate surface area is 150 Å². The highest BCUT2D eigenvalue weighted by Crippen LogP contribution is 2.04. The summed E-state index contributed by atoms with van der Waals surface area (Å²) in [6.07, 6.45) is 2.19. The second-order valence-corrected chi connectivity index (χ2v) is 6.27. The average Bonchev–Trinajstić information content (AvgIpc) is 2.57. The van der Waals surface area contributed by atoms with E-state index in [1.807, 2.05) is 6.92 Å². The zero-order valence-corrected chi connectivity index (χ0v) is 15.9. The predicted octanol–water partition coefficient (Wildman–Crippen LogP) is 3.52. The summed E-state index contributed by atoms with van der Waals surface area (Å²) < 4.78 is 12.9. The molecule has 0 bridgehead atoms. The molecular formula is C18H29FN4S. The molecule has 0 spiro atoms. The minimum Gasteiger partial charge on any atom is -0.359 e. The van der Waals surface area contributed by atoms with Gasteiger partial charge >= 0.3 is 0 Å². The molecule has 0 amide bonds. The smallest absolute Gasteiger partial charge is 0.187 e. The Morgan fingerprint density at radius 1 is 1.25 bits per heavy atom. The van der Waals surface area contributed by atoms with Gasteiger partial charge in [0, 0.05) is 6.04 Å². The first-order valence-electron chi connectivity index (χ1n) is 8.55. The summed E-state index contributed by atoms with van der Waals surface area (Å²) in [7, 11) is 0. The molecule has 0 aliphatic carbocycles. The second kappa shape index (κ2) is 11.1. The maximum absolute atomic E-state index is 12.9. The lowest BCUT2D eigenvalue weighted by Crippen LogP contribution is -2.39. The van der Waals surface area contributed by atoms with Gasteiger partial charge in [0.1, 0.15) is 5.82 Å². The summed E-state index contributed by atoms with van der Waals surface area (Å²) in [5.41, 5.74) is 4.47. The van der Waals surface area contributed by atoms with Crippen LogP contribution in [0.4, 0.5) is 4.39 Å². The van der Waals surface area contributed by atoms with Gasteiger partial charge in [-0.3, -0.25) is 5.43 Å². The van der Waals surface area contributed by atoms with Crippen LogP contribution < -0.4 is 10.7 Å². The molecule has 6 heteroatoms. The van der Waals surface area contributed by atoms with Crippen LogP contribution in [0, 0.1) is 5.82 Å². The van der Waals surface area contributed by atoms with Gasteiger partial charge in [0.05, 0.1) is 5.71 Å². The van der Waals surface area contributed by atoms with Gasteiger partial charge in [-0.1, -0.05) is 26.0 Å². The molecule has 134 valence electrons. The van der Waals surface area contributed by atoms with Gasteiger partial charge in [0.25, 0.3) is 0 Å². The molecular weight excluding hydrogens is 323 g/mol. The van der Waals surface area contributed by atoms with Crippen LogP contribution in [0.1, 0.15) is 46.1 Å². The molecule has 1 aromatic carbocycles. The topological polar surface area (TPSA) is 39.7 Å². The van der Waals surface area contributed by atoms with E-state index in [2.05, 4.69) is 41.5 Å². The highest BCUT2D eigenvalue weighted by Gasteiger charge is 2.06. The number of benzene rings is 1. The number of hydrogen-bond acceptors (Lipinski definition) is 3. The van der Waals surface area contributed by atoms with Crippen molar-refractivity contribution in [3.05, 3.63) is 35.6 Å². The summed E-state index contributed by atoms with van der Waals surface area (Å²) in [4.78, 5) is 2.42. The fraction of sp³-hybridized carbons (Fsp3) is 0.556. The highest BCUT2D eigenvalue weighted by molar-refractivity contribution is 7.80. The van der Waals surface area contributed by atoms with Crippen LogP contribution in [0.5, 0.6) is 0 Å². The van der Waals surface area contributed by atoms with E-state index in [1.54, 1.807) is 12.1 Å². The maximum atomic E-state index is 12.9. The van der Waals surface area contributed by atoms with Gasteiger partial charge in [0.15, 0.2) is 5.11 Å². The van der Waals surface area contributed by atoms with Crippen molar-refractivity contribution in [2.75, 3.05) is 19.6 Å². The molecule has 0 fully saturated rings. The van der Waals surface area contributed by atoms with E-state index >= 15 is 0 Å². The van der Waals surface area contributed by atoms with E-state index in [1.165, 1.54) is 12.1 Å². The van der Waals surface area contributed by atoms with Crippen LogP contribution in [-0.2, 0) is 0 Å². The van der Waals surface area contributed by atoms with Crippen LogP contribution in [0.3, 0.4) is 0 Å². The van der Waals surface area contributed by atoms with E-state index in [0.717, 1.165) is 43.8 Å². The lowest BCUT2D eigenvalue weighted by molar-refractivity contribution is 0.292. The van der Waals surface area contributed by atoms with Gasteiger partial charge in [-0.05, 0) is 76.2 Å². The maximum Gasteiger partial charge on any atom is 0.187 e. The van der Waals surface area contributed by atoms with Crippen molar-refractivity contribution in [3.63, 3.8) is 0 Å². The number of nitrogens with one attached hydrogen (secondary N) is 2. The quantitative estimate of drug-likeness (QED) is 0.405. The molecule has 0 saturated carbocycles. The molecule has 0 aromatic heterocycles. The first kappa shape index (κ1) is 20.5. The molecule has 1 aromatic rings. The van der Waals surface area contributed by atoms with Crippen LogP contribution in [0.15, 0.2) is 29.4 Å². The Balaban J connectivity index is 2.34.